The Bertz CT molecular complexity index is 995. The fraction of sp³-hybridized carbons (Fsp3) is 0.579. The zero-order valence-electron chi connectivity index (χ0n) is 17.5. The minimum absolute atomic E-state index is 0.0133. The number of carbonyl (C=O) groups is 2. The number of likely N-dealkylation sites (N-methyl/N-ethyl adjacent to an activating group) is 1. The van der Waals surface area contributed by atoms with Gasteiger partial charge in [-0.3, -0.25) is 9.59 Å². The maximum atomic E-state index is 13.0. The monoisotopic (exact) mass is 478 g/mol. The Kier molecular flexibility index (Phi) is 8.55. The first kappa shape index (κ1) is 25.2. The lowest BCUT2D eigenvalue weighted by molar-refractivity contribution is -0.152. The molecule has 1 aromatic carbocycles. The van der Waals surface area contributed by atoms with Crippen LogP contribution in [0.2, 0.25) is 0 Å². The molecule has 0 bridgehead atoms. The predicted octanol–water partition coefficient (Wildman–Crippen LogP) is 0.805. The third-order valence-electron chi connectivity index (χ3n) is 4.95. The molecule has 0 aromatic heterocycles. The summed E-state index contributed by atoms with van der Waals surface area (Å²) in [5.41, 5.74) is 0. The van der Waals surface area contributed by atoms with Crippen molar-refractivity contribution in [3.05, 3.63) is 30.1 Å². The Morgan fingerprint density at radius 2 is 1.87 bits per heavy atom. The van der Waals surface area contributed by atoms with Gasteiger partial charge in [-0.2, -0.15) is 4.31 Å². The summed E-state index contributed by atoms with van der Waals surface area (Å²) in [5.74, 6) is -2.15. The van der Waals surface area contributed by atoms with Crippen molar-refractivity contribution in [1.29, 1.82) is 0 Å². The standard InChI is InChI=1S/C19H27FN2O7S2/c1-3-4-10-22(16-9-11-30(25,26)14-16)18(23)13-29-19(24)12-21(2)31(27,28)17-7-5-15(20)6-8-17/h5-8,16H,3-4,9-14H2,1-2H3. The summed E-state index contributed by atoms with van der Waals surface area (Å²) in [6.45, 7) is 1.04. The van der Waals surface area contributed by atoms with E-state index >= 15 is 0 Å². The van der Waals surface area contributed by atoms with Crippen molar-refractivity contribution >= 4 is 31.7 Å². The number of sulfonamides is 1. The average molecular weight is 479 g/mol. The molecule has 1 heterocycles. The van der Waals surface area contributed by atoms with Crippen molar-refractivity contribution in [2.75, 3.05) is 38.2 Å². The summed E-state index contributed by atoms with van der Waals surface area (Å²) in [6.07, 6.45) is 1.81. The normalized spacial score (nSPS) is 18.1. The number of halogens is 1. The van der Waals surface area contributed by atoms with Crippen molar-refractivity contribution in [3.63, 3.8) is 0 Å². The SMILES string of the molecule is CCCCN(C(=O)COC(=O)CN(C)S(=O)(=O)c1ccc(F)cc1)C1CCS(=O)(=O)C1. The minimum atomic E-state index is -4.04. The number of amides is 1. The zero-order chi connectivity index (χ0) is 23.2. The van der Waals surface area contributed by atoms with Crippen LogP contribution in [-0.2, 0) is 34.2 Å². The highest BCUT2D eigenvalue weighted by atomic mass is 32.2. The van der Waals surface area contributed by atoms with Gasteiger partial charge in [-0.1, -0.05) is 13.3 Å². The average Bonchev–Trinajstić information content (AvgIpc) is 3.06. The van der Waals surface area contributed by atoms with Gasteiger partial charge in [0.25, 0.3) is 5.91 Å². The fourth-order valence-corrected chi connectivity index (χ4v) is 6.03. The summed E-state index contributed by atoms with van der Waals surface area (Å²) in [5, 5.41) is 0. The smallest absolute Gasteiger partial charge is 0.321 e. The van der Waals surface area contributed by atoms with Crippen molar-refractivity contribution in [2.45, 2.75) is 37.1 Å². The number of esters is 1. The van der Waals surface area contributed by atoms with Crippen LogP contribution in [0, 0.1) is 5.82 Å². The van der Waals surface area contributed by atoms with E-state index in [0.29, 0.717) is 19.4 Å². The molecule has 2 rings (SSSR count). The molecule has 1 aliphatic heterocycles. The van der Waals surface area contributed by atoms with E-state index in [1.54, 1.807) is 0 Å². The number of ether oxygens (including phenoxy) is 1. The van der Waals surface area contributed by atoms with Crippen LogP contribution in [0.5, 0.6) is 0 Å². The van der Waals surface area contributed by atoms with E-state index in [9.17, 15) is 30.8 Å². The molecule has 0 saturated carbocycles. The van der Waals surface area contributed by atoms with Crippen LogP contribution >= 0.6 is 0 Å². The molecule has 0 aliphatic carbocycles. The van der Waals surface area contributed by atoms with Gasteiger partial charge < -0.3 is 9.64 Å². The maximum Gasteiger partial charge on any atom is 0.321 e. The van der Waals surface area contributed by atoms with Crippen molar-refractivity contribution in [3.8, 4) is 0 Å². The van der Waals surface area contributed by atoms with Gasteiger partial charge in [0.2, 0.25) is 10.0 Å². The molecule has 1 saturated heterocycles. The van der Waals surface area contributed by atoms with Crippen LogP contribution in [0.4, 0.5) is 4.39 Å². The first-order valence-corrected chi connectivity index (χ1v) is 13.1. The molecule has 0 N–H and O–H groups in total. The van der Waals surface area contributed by atoms with Crippen LogP contribution in [0.3, 0.4) is 0 Å². The van der Waals surface area contributed by atoms with E-state index in [2.05, 4.69) is 0 Å². The second kappa shape index (κ2) is 10.5. The van der Waals surface area contributed by atoms with E-state index < -0.39 is 56.7 Å². The number of hydrogen-bond acceptors (Lipinski definition) is 7. The van der Waals surface area contributed by atoms with Gasteiger partial charge in [0.05, 0.1) is 16.4 Å². The molecule has 12 heteroatoms. The molecule has 1 unspecified atom stereocenters. The number of benzene rings is 1. The van der Waals surface area contributed by atoms with Crippen LogP contribution in [0.25, 0.3) is 0 Å². The predicted molar refractivity (Wildman–Crippen MR) is 111 cm³/mol. The molecule has 174 valence electrons. The van der Waals surface area contributed by atoms with E-state index in [1.165, 1.54) is 11.9 Å². The topological polar surface area (TPSA) is 118 Å². The Balaban J connectivity index is 1.94. The second-order valence-electron chi connectivity index (χ2n) is 7.37. The molecule has 9 nitrogen and oxygen atoms in total. The van der Waals surface area contributed by atoms with Gasteiger partial charge >= 0.3 is 5.97 Å². The summed E-state index contributed by atoms with van der Waals surface area (Å²) in [6, 6.07) is 3.69. The molecule has 1 atom stereocenters. The molecule has 0 spiro atoms. The molecule has 1 aliphatic rings. The highest BCUT2D eigenvalue weighted by molar-refractivity contribution is 7.91. The van der Waals surface area contributed by atoms with Crippen LogP contribution < -0.4 is 0 Å². The number of hydrogen-bond donors (Lipinski definition) is 0. The molecule has 0 radical (unpaired) electrons. The van der Waals surface area contributed by atoms with Crippen molar-refractivity contribution in [2.24, 2.45) is 0 Å². The van der Waals surface area contributed by atoms with Crippen LogP contribution in [0.1, 0.15) is 26.2 Å². The number of rotatable bonds is 10. The quantitative estimate of drug-likeness (QED) is 0.457. The van der Waals surface area contributed by atoms with E-state index in [4.69, 9.17) is 4.74 Å². The van der Waals surface area contributed by atoms with E-state index in [-0.39, 0.29) is 16.4 Å². The summed E-state index contributed by atoms with van der Waals surface area (Å²) in [7, 11) is -6.06. The fourth-order valence-electron chi connectivity index (χ4n) is 3.18. The van der Waals surface area contributed by atoms with E-state index in [1.807, 2.05) is 6.92 Å². The number of carbonyl (C=O) groups excluding carboxylic acids is 2. The lowest BCUT2D eigenvalue weighted by Crippen LogP contribution is -2.44. The summed E-state index contributed by atoms with van der Waals surface area (Å²) in [4.78, 5) is 25.9. The Hall–Kier alpha value is -2.05. The molecular weight excluding hydrogens is 451 g/mol. The van der Waals surface area contributed by atoms with Gasteiger partial charge in [0, 0.05) is 19.6 Å². The number of sulfone groups is 1. The van der Waals surface area contributed by atoms with Gasteiger partial charge in [0.1, 0.15) is 12.4 Å². The maximum absolute atomic E-state index is 13.0. The van der Waals surface area contributed by atoms with Crippen LogP contribution in [-0.4, -0.2) is 82.2 Å². The molecule has 1 aromatic rings. The zero-order valence-corrected chi connectivity index (χ0v) is 19.1. The van der Waals surface area contributed by atoms with Crippen molar-refractivity contribution < 1.29 is 35.6 Å². The first-order valence-electron chi connectivity index (χ1n) is 9.83. The molecule has 31 heavy (non-hydrogen) atoms. The second-order valence-corrected chi connectivity index (χ2v) is 11.6. The van der Waals surface area contributed by atoms with Crippen LogP contribution in [0.15, 0.2) is 29.2 Å². The Morgan fingerprint density at radius 3 is 2.42 bits per heavy atom. The molecule has 1 amide bonds. The summed E-state index contributed by atoms with van der Waals surface area (Å²) >= 11 is 0. The third kappa shape index (κ3) is 6.97. The van der Waals surface area contributed by atoms with Gasteiger partial charge in [-0.25, -0.2) is 21.2 Å². The number of nitrogens with zero attached hydrogens (tertiary/aromatic N) is 2. The van der Waals surface area contributed by atoms with Gasteiger partial charge in [-0.15, -0.1) is 0 Å². The minimum Gasteiger partial charge on any atom is -0.455 e. The molecule has 1 fully saturated rings. The molecular formula is C19H27FN2O7S2. The third-order valence-corrected chi connectivity index (χ3v) is 8.52. The lowest BCUT2D eigenvalue weighted by Gasteiger charge is -2.28. The Morgan fingerprint density at radius 1 is 1.23 bits per heavy atom. The van der Waals surface area contributed by atoms with Gasteiger partial charge in [-0.05, 0) is 37.1 Å². The highest BCUT2D eigenvalue weighted by Crippen LogP contribution is 2.19. The summed E-state index contributed by atoms with van der Waals surface area (Å²) < 4.78 is 67.1. The highest BCUT2D eigenvalue weighted by Gasteiger charge is 2.34. The lowest BCUT2D eigenvalue weighted by atomic mass is 10.2. The number of unbranched alkanes of at least 4 members (excludes halogenated alkanes) is 1. The van der Waals surface area contributed by atoms with Crippen molar-refractivity contribution in [1.82, 2.24) is 9.21 Å². The van der Waals surface area contributed by atoms with Gasteiger partial charge in [0.15, 0.2) is 16.4 Å². The largest absolute Gasteiger partial charge is 0.455 e. The first-order chi connectivity index (χ1) is 14.5. The van der Waals surface area contributed by atoms with E-state index in [0.717, 1.165) is 35.0 Å². The Labute approximate surface area is 182 Å².